The highest BCUT2D eigenvalue weighted by Crippen LogP contribution is 2.42. The van der Waals surface area contributed by atoms with Gasteiger partial charge in [0.15, 0.2) is 0 Å². The van der Waals surface area contributed by atoms with Crippen molar-refractivity contribution in [3.05, 3.63) is 59.0 Å². The van der Waals surface area contributed by atoms with E-state index in [4.69, 9.17) is 16.0 Å². The number of halogens is 1. The average Bonchev–Trinajstić information content (AvgIpc) is 3.10. The third kappa shape index (κ3) is 3.02. The fourth-order valence-corrected chi connectivity index (χ4v) is 2.62. The smallest absolute Gasteiger partial charge is 0.120 e. The molecule has 0 saturated heterocycles. The van der Waals surface area contributed by atoms with Gasteiger partial charge in [-0.05, 0) is 55.5 Å². The SMILES string of the molecule is CC(NC(c1ccc(Cl)cc1)C1CC1)c1ccco1. The van der Waals surface area contributed by atoms with Crippen molar-refractivity contribution in [2.45, 2.75) is 31.8 Å². The van der Waals surface area contributed by atoms with Crippen LogP contribution in [0.4, 0.5) is 0 Å². The van der Waals surface area contributed by atoms with Crippen molar-refractivity contribution in [1.82, 2.24) is 5.32 Å². The Morgan fingerprint density at radius 2 is 1.95 bits per heavy atom. The molecule has 1 N–H and O–H groups in total. The largest absolute Gasteiger partial charge is 0.468 e. The lowest BCUT2D eigenvalue weighted by Gasteiger charge is -2.22. The van der Waals surface area contributed by atoms with Gasteiger partial charge in [-0.25, -0.2) is 0 Å². The van der Waals surface area contributed by atoms with E-state index in [1.807, 2.05) is 24.3 Å². The zero-order valence-corrected chi connectivity index (χ0v) is 11.7. The number of rotatable bonds is 5. The molecule has 1 aromatic heterocycles. The minimum Gasteiger partial charge on any atom is -0.468 e. The highest BCUT2D eigenvalue weighted by atomic mass is 35.5. The molecule has 0 radical (unpaired) electrons. The van der Waals surface area contributed by atoms with Crippen LogP contribution in [-0.4, -0.2) is 0 Å². The minimum atomic E-state index is 0.219. The Morgan fingerprint density at radius 3 is 2.53 bits per heavy atom. The van der Waals surface area contributed by atoms with Crippen LogP contribution >= 0.6 is 11.6 Å². The molecule has 2 nitrogen and oxygen atoms in total. The average molecular weight is 276 g/mol. The second-order valence-electron chi connectivity index (χ2n) is 5.27. The molecule has 1 fully saturated rings. The van der Waals surface area contributed by atoms with Gasteiger partial charge in [0.25, 0.3) is 0 Å². The second kappa shape index (κ2) is 5.40. The summed E-state index contributed by atoms with van der Waals surface area (Å²) in [5.41, 5.74) is 1.31. The van der Waals surface area contributed by atoms with Crippen molar-refractivity contribution in [3.63, 3.8) is 0 Å². The fourth-order valence-electron chi connectivity index (χ4n) is 2.49. The van der Waals surface area contributed by atoms with E-state index in [1.54, 1.807) is 6.26 Å². The van der Waals surface area contributed by atoms with Gasteiger partial charge in [-0.3, -0.25) is 0 Å². The summed E-state index contributed by atoms with van der Waals surface area (Å²) >= 11 is 5.96. The van der Waals surface area contributed by atoms with Crippen LogP contribution in [0.3, 0.4) is 0 Å². The van der Waals surface area contributed by atoms with E-state index in [9.17, 15) is 0 Å². The molecule has 3 heteroatoms. The normalized spacial score (nSPS) is 18.2. The topological polar surface area (TPSA) is 25.2 Å². The summed E-state index contributed by atoms with van der Waals surface area (Å²) in [6.45, 7) is 2.14. The zero-order chi connectivity index (χ0) is 13.2. The van der Waals surface area contributed by atoms with Gasteiger partial charge < -0.3 is 9.73 Å². The molecule has 19 heavy (non-hydrogen) atoms. The molecular formula is C16H18ClNO. The third-order valence-corrected chi connectivity index (χ3v) is 3.97. The van der Waals surface area contributed by atoms with Gasteiger partial charge in [-0.1, -0.05) is 23.7 Å². The maximum absolute atomic E-state index is 5.96. The van der Waals surface area contributed by atoms with E-state index in [2.05, 4.69) is 24.4 Å². The van der Waals surface area contributed by atoms with Gasteiger partial charge in [0.2, 0.25) is 0 Å². The fraction of sp³-hybridized carbons (Fsp3) is 0.375. The van der Waals surface area contributed by atoms with Crippen LogP contribution in [0.5, 0.6) is 0 Å². The summed E-state index contributed by atoms with van der Waals surface area (Å²) in [6.07, 6.45) is 4.32. The number of hydrogen-bond acceptors (Lipinski definition) is 2. The Hall–Kier alpha value is -1.25. The first-order valence-electron chi connectivity index (χ1n) is 6.79. The van der Waals surface area contributed by atoms with Crippen molar-refractivity contribution in [2.24, 2.45) is 5.92 Å². The summed E-state index contributed by atoms with van der Waals surface area (Å²) in [6, 6.07) is 12.7. The highest BCUT2D eigenvalue weighted by molar-refractivity contribution is 6.30. The first-order chi connectivity index (χ1) is 9.24. The number of furan rings is 1. The summed E-state index contributed by atoms with van der Waals surface area (Å²) in [7, 11) is 0. The molecule has 1 saturated carbocycles. The van der Waals surface area contributed by atoms with E-state index in [0.717, 1.165) is 16.7 Å². The van der Waals surface area contributed by atoms with Crippen molar-refractivity contribution in [3.8, 4) is 0 Å². The van der Waals surface area contributed by atoms with E-state index in [1.165, 1.54) is 18.4 Å². The maximum Gasteiger partial charge on any atom is 0.120 e. The molecule has 2 aromatic rings. The highest BCUT2D eigenvalue weighted by Gasteiger charge is 2.33. The van der Waals surface area contributed by atoms with Gasteiger partial charge >= 0.3 is 0 Å². The van der Waals surface area contributed by atoms with Crippen LogP contribution in [0, 0.1) is 5.92 Å². The van der Waals surface area contributed by atoms with Crippen LogP contribution in [0.25, 0.3) is 0 Å². The van der Waals surface area contributed by atoms with Gasteiger partial charge in [0.1, 0.15) is 5.76 Å². The summed E-state index contributed by atoms with van der Waals surface area (Å²) in [5.74, 6) is 1.72. The Kier molecular flexibility index (Phi) is 3.63. The molecule has 100 valence electrons. The predicted molar refractivity (Wildman–Crippen MR) is 77.2 cm³/mol. The number of hydrogen-bond donors (Lipinski definition) is 1. The monoisotopic (exact) mass is 275 g/mol. The van der Waals surface area contributed by atoms with Gasteiger partial charge in [0, 0.05) is 11.1 Å². The number of nitrogens with one attached hydrogen (secondary N) is 1. The summed E-state index contributed by atoms with van der Waals surface area (Å²) < 4.78 is 5.47. The molecule has 2 unspecified atom stereocenters. The maximum atomic E-state index is 5.96. The zero-order valence-electron chi connectivity index (χ0n) is 11.0. The molecule has 2 atom stereocenters. The van der Waals surface area contributed by atoms with Crippen molar-refractivity contribution in [2.75, 3.05) is 0 Å². The van der Waals surface area contributed by atoms with Crippen LogP contribution in [0.2, 0.25) is 5.02 Å². The molecule has 1 aromatic carbocycles. The van der Waals surface area contributed by atoms with E-state index >= 15 is 0 Å². The molecule has 0 spiro atoms. The summed E-state index contributed by atoms with van der Waals surface area (Å²) in [4.78, 5) is 0. The van der Waals surface area contributed by atoms with Crippen molar-refractivity contribution < 1.29 is 4.42 Å². The summed E-state index contributed by atoms with van der Waals surface area (Å²) in [5, 5.41) is 4.47. The minimum absolute atomic E-state index is 0.219. The molecule has 0 bridgehead atoms. The lowest BCUT2D eigenvalue weighted by molar-refractivity contribution is 0.372. The van der Waals surface area contributed by atoms with Crippen LogP contribution in [-0.2, 0) is 0 Å². The van der Waals surface area contributed by atoms with Gasteiger partial charge in [-0.15, -0.1) is 0 Å². The van der Waals surface area contributed by atoms with Crippen LogP contribution in [0.1, 0.15) is 43.2 Å². The molecule has 3 rings (SSSR count). The first kappa shape index (κ1) is 12.8. The Balaban J connectivity index is 1.76. The first-order valence-corrected chi connectivity index (χ1v) is 7.17. The third-order valence-electron chi connectivity index (χ3n) is 3.72. The van der Waals surface area contributed by atoms with Crippen LogP contribution < -0.4 is 5.32 Å². The van der Waals surface area contributed by atoms with Gasteiger partial charge in [-0.2, -0.15) is 0 Å². The standard InChI is InChI=1S/C16H18ClNO/c1-11(15-3-2-10-19-15)18-16(12-4-5-12)13-6-8-14(17)9-7-13/h2-3,6-12,16,18H,4-5H2,1H3. The van der Waals surface area contributed by atoms with E-state index in [-0.39, 0.29) is 6.04 Å². The van der Waals surface area contributed by atoms with Crippen LogP contribution in [0.15, 0.2) is 47.1 Å². The molecule has 1 aliphatic carbocycles. The van der Waals surface area contributed by atoms with E-state index < -0.39 is 0 Å². The van der Waals surface area contributed by atoms with Crippen molar-refractivity contribution >= 4 is 11.6 Å². The predicted octanol–water partition coefficient (Wildman–Crippen LogP) is 4.73. The molecule has 1 aliphatic rings. The molecular weight excluding hydrogens is 258 g/mol. The Morgan fingerprint density at radius 1 is 1.21 bits per heavy atom. The lowest BCUT2D eigenvalue weighted by atomic mass is 10.0. The van der Waals surface area contributed by atoms with Gasteiger partial charge in [0.05, 0.1) is 12.3 Å². The molecule has 0 amide bonds. The Bertz CT molecular complexity index is 516. The van der Waals surface area contributed by atoms with E-state index in [0.29, 0.717) is 6.04 Å². The second-order valence-corrected chi connectivity index (χ2v) is 5.71. The number of benzene rings is 1. The molecule has 0 aliphatic heterocycles. The lowest BCUT2D eigenvalue weighted by Crippen LogP contribution is -2.26. The Labute approximate surface area is 118 Å². The van der Waals surface area contributed by atoms with Crippen molar-refractivity contribution in [1.29, 1.82) is 0 Å². The molecule has 1 heterocycles. The quantitative estimate of drug-likeness (QED) is 0.853.